The molecule has 0 fully saturated rings. The van der Waals surface area contributed by atoms with Crippen LogP contribution in [0.2, 0.25) is 0 Å². The zero-order valence-corrected chi connectivity index (χ0v) is 13.7. The lowest BCUT2D eigenvalue weighted by Gasteiger charge is -2.26. The van der Waals surface area contributed by atoms with Crippen molar-refractivity contribution in [3.05, 3.63) is 69.2 Å². The molecule has 0 amide bonds. The fourth-order valence-corrected chi connectivity index (χ4v) is 4.05. The highest BCUT2D eigenvalue weighted by Gasteiger charge is 2.42. The lowest BCUT2D eigenvalue weighted by molar-refractivity contribution is 0.368. The zero-order valence-electron chi connectivity index (χ0n) is 11.3. The molecule has 0 saturated carbocycles. The van der Waals surface area contributed by atoms with E-state index < -0.39 is 0 Å². The molecule has 2 aromatic rings. The third kappa shape index (κ3) is 2.02. The molecule has 104 valence electrons. The molecule has 2 atom stereocenters. The first kappa shape index (κ1) is 14.1. The van der Waals surface area contributed by atoms with Gasteiger partial charge in [-0.15, -0.1) is 12.4 Å². The van der Waals surface area contributed by atoms with Crippen LogP contribution in [0.4, 0.5) is 0 Å². The summed E-state index contributed by atoms with van der Waals surface area (Å²) >= 11 is 3.61. The Hall–Kier alpha value is -0.830. The summed E-state index contributed by atoms with van der Waals surface area (Å²) in [5, 5.41) is 3.85. The van der Waals surface area contributed by atoms with E-state index in [1.54, 1.807) is 0 Å². The SMILES string of the molecule is CC12Cc3ccccc3CC(N1)c1ccc(Br)cc12.Cl. The van der Waals surface area contributed by atoms with E-state index in [4.69, 9.17) is 0 Å². The van der Waals surface area contributed by atoms with E-state index in [0.29, 0.717) is 6.04 Å². The third-order valence-electron chi connectivity index (χ3n) is 4.56. The van der Waals surface area contributed by atoms with E-state index >= 15 is 0 Å². The molecule has 2 unspecified atom stereocenters. The third-order valence-corrected chi connectivity index (χ3v) is 5.06. The van der Waals surface area contributed by atoms with Crippen molar-refractivity contribution >= 4 is 28.3 Å². The van der Waals surface area contributed by atoms with Crippen LogP contribution >= 0.6 is 28.3 Å². The van der Waals surface area contributed by atoms with Gasteiger partial charge in [0, 0.05) is 16.1 Å². The Morgan fingerprint density at radius 2 is 1.90 bits per heavy atom. The van der Waals surface area contributed by atoms with Crippen molar-refractivity contribution in [2.75, 3.05) is 0 Å². The normalized spacial score (nSPS) is 26.2. The van der Waals surface area contributed by atoms with Gasteiger partial charge in [0.1, 0.15) is 0 Å². The minimum Gasteiger partial charge on any atom is -0.300 e. The lowest BCUT2D eigenvalue weighted by atomic mass is 9.82. The maximum atomic E-state index is 3.85. The minimum absolute atomic E-state index is 0. The van der Waals surface area contributed by atoms with Crippen LogP contribution in [0.3, 0.4) is 0 Å². The molecule has 2 aliphatic rings. The summed E-state index contributed by atoms with van der Waals surface area (Å²) in [5.74, 6) is 0. The van der Waals surface area contributed by atoms with Gasteiger partial charge in [-0.25, -0.2) is 0 Å². The van der Waals surface area contributed by atoms with E-state index in [-0.39, 0.29) is 17.9 Å². The van der Waals surface area contributed by atoms with Gasteiger partial charge in [-0.1, -0.05) is 46.3 Å². The Bertz CT molecular complexity index is 670. The van der Waals surface area contributed by atoms with Crippen LogP contribution in [0.5, 0.6) is 0 Å². The Kier molecular flexibility index (Phi) is 3.44. The van der Waals surface area contributed by atoms with Crippen LogP contribution in [0, 0.1) is 0 Å². The molecule has 0 radical (unpaired) electrons. The van der Waals surface area contributed by atoms with Crippen molar-refractivity contribution in [1.82, 2.24) is 5.32 Å². The quantitative estimate of drug-likeness (QED) is 0.736. The maximum Gasteiger partial charge on any atom is 0.0455 e. The van der Waals surface area contributed by atoms with Crippen molar-refractivity contribution in [2.45, 2.75) is 31.3 Å². The van der Waals surface area contributed by atoms with Gasteiger partial charge in [-0.3, -0.25) is 0 Å². The molecule has 4 rings (SSSR count). The number of hydrogen-bond acceptors (Lipinski definition) is 1. The van der Waals surface area contributed by atoms with Crippen LogP contribution in [0.15, 0.2) is 46.9 Å². The summed E-state index contributed by atoms with van der Waals surface area (Å²) in [6.07, 6.45) is 2.17. The molecular weight excluding hydrogens is 334 g/mol. The monoisotopic (exact) mass is 349 g/mol. The molecule has 2 bridgehead atoms. The van der Waals surface area contributed by atoms with Crippen molar-refractivity contribution in [2.24, 2.45) is 0 Å². The Balaban J connectivity index is 0.00000121. The second kappa shape index (κ2) is 4.87. The van der Waals surface area contributed by atoms with Crippen LogP contribution in [0.25, 0.3) is 0 Å². The molecule has 20 heavy (non-hydrogen) atoms. The molecule has 0 saturated heterocycles. The van der Waals surface area contributed by atoms with E-state index in [9.17, 15) is 0 Å². The average Bonchev–Trinajstić information content (AvgIpc) is 2.56. The molecule has 0 aliphatic carbocycles. The van der Waals surface area contributed by atoms with Crippen molar-refractivity contribution in [3.63, 3.8) is 0 Å². The first-order valence-electron chi connectivity index (χ1n) is 6.80. The predicted molar refractivity (Wildman–Crippen MR) is 88.5 cm³/mol. The standard InChI is InChI=1S/C17H16BrN.ClH/c1-17-10-12-5-3-2-4-11(12)8-16(19-17)14-7-6-13(18)9-15(14)17;/h2-7,9,16,19H,8,10H2,1H3;1H. The molecule has 3 heteroatoms. The Morgan fingerprint density at radius 1 is 1.15 bits per heavy atom. The van der Waals surface area contributed by atoms with Crippen molar-refractivity contribution in [1.29, 1.82) is 0 Å². The van der Waals surface area contributed by atoms with E-state index in [2.05, 4.69) is 70.6 Å². The topological polar surface area (TPSA) is 12.0 Å². The van der Waals surface area contributed by atoms with Gasteiger partial charge >= 0.3 is 0 Å². The number of halogens is 2. The van der Waals surface area contributed by atoms with Crippen LogP contribution < -0.4 is 5.32 Å². The largest absolute Gasteiger partial charge is 0.300 e. The van der Waals surface area contributed by atoms with E-state index in [0.717, 1.165) is 12.8 Å². The maximum absolute atomic E-state index is 3.85. The highest BCUT2D eigenvalue weighted by molar-refractivity contribution is 9.10. The first-order chi connectivity index (χ1) is 9.16. The molecule has 1 nitrogen and oxygen atoms in total. The van der Waals surface area contributed by atoms with Crippen molar-refractivity contribution in [3.8, 4) is 0 Å². The number of nitrogens with one attached hydrogen (secondary N) is 1. The predicted octanol–water partition coefficient (Wildman–Crippen LogP) is 4.53. The van der Waals surface area contributed by atoms with Gasteiger partial charge in [0.15, 0.2) is 0 Å². The highest BCUT2D eigenvalue weighted by atomic mass is 79.9. The fourth-order valence-electron chi connectivity index (χ4n) is 3.69. The fraction of sp³-hybridized carbons (Fsp3) is 0.294. The zero-order chi connectivity index (χ0) is 13.0. The van der Waals surface area contributed by atoms with Gasteiger partial charge in [-0.05, 0) is 54.2 Å². The molecule has 2 heterocycles. The minimum atomic E-state index is 0. The van der Waals surface area contributed by atoms with Gasteiger partial charge in [0.25, 0.3) is 0 Å². The number of fused-ring (bicyclic) bond motifs is 6. The van der Waals surface area contributed by atoms with Gasteiger partial charge in [-0.2, -0.15) is 0 Å². The van der Waals surface area contributed by atoms with Gasteiger partial charge in [0.05, 0.1) is 0 Å². The summed E-state index contributed by atoms with van der Waals surface area (Å²) < 4.78 is 1.17. The average molecular weight is 351 g/mol. The summed E-state index contributed by atoms with van der Waals surface area (Å²) in [6.45, 7) is 2.33. The smallest absolute Gasteiger partial charge is 0.0455 e. The summed E-state index contributed by atoms with van der Waals surface area (Å²) in [7, 11) is 0. The van der Waals surface area contributed by atoms with Crippen LogP contribution in [-0.4, -0.2) is 0 Å². The molecule has 1 N–H and O–H groups in total. The van der Waals surface area contributed by atoms with Gasteiger partial charge in [0.2, 0.25) is 0 Å². The molecule has 0 spiro atoms. The number of hydrogen-bond donors (Lipinski definition) is 1. The van der Waals surface area contributed by atoms with Crippen LogP contribution in [-0.2, 0) is 18.4 Å². The van der Waals surface area contributed by atoms with E-state index in [1.165, 1.54) is 26.7 Å². The highest BCUT2D eigenvalue weighted by Crippen LogP contribution is 2.44. The molecular formula is C17H17BrClN. The summed E-state index contributed by atoms with van der Waals surface area (Å²) in [4.78, 5) is 0. The molecule has 2 aromatic carbocycles. The Morgan fingerprint density at radius 3 is 2.70 bits per heavy atom. The van der Waals surface area contributed by atoms with Crippen LogP contribution in [0.1, 0.15) is 35.2 Å². The number of benzene rings is 2. The van der Waals surface area contributed by atoms with Crippen molar-refractivity contribution < 1.29 is 0 Å². The summed E-state index contributed by atoms with van der Waals surface area (Å²) in [6, 6.07) is 16.0. The van der Waals surface area contributed by atoms with E-state index in [1.807, 2.05) is 0 Å². The second-order valence-electron chi connectivity index (χ2n) is 5.91. The second-order valence-corrected chi connectivity index (χ2v) is 6.83. The lowest BCUT2D eigenvalue weighted by Crippen LogP contribution is -2.36. The number of rotatable bonds is 0. The van der Waals surface area contributed by atoms with Gasteiger partial charge < -0.3 is 5.32 Å². The molecule has 0 aromatic heterocycles. The Labute approximate surface area is 134 Å². The first-order valence-corrected chi connectivity index (χ1v) is 7.59. The summed E-state index contributed by atoms with van der Waals surface area (Å²) in [5.41, 5.74) is 5.99. The molecule has 2 aliphatic heterocycles.